The Balaban J connectivity index is 1.61. The second kappa shape index (κ2) is 8.09. The number of imidazole rings is 1. The molecule has 3 aromatic heterocycles. The number of aromatic nitrogens is 6. The van der Waals surface area contributed by atoms with Gasteiger partial charge in [-0.25, -0.2) is 9.97 Å². The molecule has 3 N–H and O–H groups in total. The maximum absolute atomic E-state index is 9.42. The number of fused-ring (bicyclic) bond motifs is 1. The van der Waals surface area contributed by atoms with Crippen molar-refractivity contribution in [1.82, 2.24) is 29.5 Å². The Morgan fingerprint density at radius 1 is 1.07 bits per heavy atom. The summed E-state index contributed by atoms with van der Waals surface area (Å²) >= 11 is 0. The fraction of sp³-hybridized carbons (Fsp3) is 0.250. The molecule has 4 aromatic rings. The number of benzene rings is 1. The van der Waals surface area contributed by atoms with E-state index in [0.29, 0.717) is 29.6 Å². The Morgan fingerprint density at radius 3 is 2.62 bits per heavy atom. The van der Waals surface area contributed by atoms with E-state index in [1.807, 2.05) is 16.7 Å². The van der Waals surface area contributed by atoms with Crippen LogP contribution in [0.3, 0.4) is 0 Å². The molecule has 0 radical (unpaired) electrons. The lowest BCUT2D eigenvalue weighted by atomic mass is 10.1. The first-order valence-electron chi connectivity index (χ1n) is 9.39. The number of aromatic hydroxyl groups is 1. The zero-order valence-corrected chi connectivity index (χ0v) is 16.2. The van der Waals surface area contributed by atoms with E-state index in [4.69, 9.17) is 0 Å². The van der Waals surface area contributed by atoms with Crippen molar-refractivity contribution < 1.29 is 5.11 Å². The summed E-state index contributed by atoms with van der Waals surface area (Å²) in [5.74, 6) is 1.91. The molecule has 0 amide bonds. The van der Waals surface area contributed by atoms with Gasteiger partial charge in [-0.15, -0.1) is 0 Å². The molecule has 0 fully saturated rings. The molecule has 148 valence electrons. The highest BCUT2D eigenvalue weighted by molar-refractivity contribution is 5.84. The summed E-state index contributed by atoms with van der Waals surface area (Å²) in [6, 6.07) is 7.39. The van der Waals surface area contributed by atoms with Gasteiger partial charge in [-0.05, 0) is 38.0 Å². The molecule has 9 heteroatoms. The molecule has 0 aliphatic heterocycles. The summed E-state index contributed by atoms with van der Waals surface area (Å²) in [5.41, 5.74) is 2.58. The maximum Gasteiger partial charge on any atom is 0.232 e. The molecule has 0 spiro atoms. The molecule has 0 bridgehead atoms. The average Bonchev–Trinajstić information content (AvgIpc) is 3.15. The molecule has 0 saturated heterocycles. The number of nitrogens with zero attached hydrogens (tertiary/aromatic N) is 6. The number of phenolic OH excluding ortho intramolecular Hbond substituents is 1. The number of nitrogens with one attached hydrogen (secondary N) is 2. The number of phenols is 1. The molecular weight excluding hydrogens is 368 g/mol. The predicted octanol–water partition coefficient (Wildman–Crippen LogP) is 3.30. The second-order valence-electron chi connectivity index (χ2n) is 6.87. The highest BCUT2D eigenvalue weighted by Gasteiger charge is 2.15. The Morgan fingerprint density at radius 2 is 1.90 bits per heavy atom. The van der Waals surface area contributed by atoms with Crippen molar-refractivity contribution in [2.45, 2.75) is 26.3 Å². The van der Waals surface area contributed by atoms with Gasteiger partial charge in [-0.3, -0.25) is 4.98 Å². The lowest BCUT2D eigenvalue weighted by Crippen LogP contribution is -2.10. The van der Waals surface area contributed by atoms with E-state index in [9.17, 15) is 5.11 Å². The first-order valence-corrected chi connectivity index (χ1v) is 9.39. The predicted molar refractivity (Wildman–Crippen MR) is 111 cm³/mol. The van der Waals surface area contributed by atoms with Crippen molar-refractivity contribution >= 4 is 28.7 Å². The van der Waals surface area contributed by atoms with Gasteiger partial charge in [0.05, 0.1) is 12.5 Å². The minimum absolute atomic E-state index is 0.212. The monoisotopic (exact) mass is 390 g/mol. The Hall–Kier alpha value is -3.75. The van der Waals surface area contributed by atoms with Crippen LogP contribution in [0.5, 0.6) is 5.75 Å². The minimum atomic E-state index is 0.212. The van der Waals surface area contributed by atoms with Gasteiger partial charge < -0.3 is 20.3 Å². The van der Waals surface area contributed by atoms with E-state index in [1.54, 1.807) is 37.1 Å². The van der Waals surface area contributed by atoms with E-state index in [-0.39, 0.29) is 11.8 Å². The van der Waals surface area contributed by atoms with Crippen LogP contribution in [-0.4, -0.2) is 41.1 Å². The first-order chi connectivity index (χ1) is 14.1. The number of hydrogen-bond acceptors (Lipinski definition) is 8. The van der Waals surface area contributed by atoms with Gasteiger partial charge in [0, 0.05) is 25.0 Å². The molecule has 1 aromatic carbocycles. The van der Waals surface area contributed by atoms with Crippen molar-refractivity contribution in [1.29, 1.82) is 0 Å². The number of hydrogen-bond donors (Lipinski definition) is 3. The Labute approximate surface area is 167 Å². The van der Waals surface area contributed by atoms with Crippen LogP contribution in [0, 0.1) is 0 Å². The van der Waals surface area contributed by atoms with Gasteiger partial charge in [-0.1, -0.05) is 12.1 Å². The van der Waals surface area contributed by atoms with Crippen LogP contribution >= 0.6 is 0 Å². The van der Waals surface area contributed by atoms with Gasteiger partial charge in [0.15, 0.2) is 22.8 Å². The summed E-state index contributed by atoms with van der Waals surface area (Å²) in [6.45, 7) is 4.82. The van der Waals surface area contributed by atoms with Gasteiger partial charge in [0.25, 0.3) is 0 Å². The van der Waals surface area contributed by atoms with E-state index in [0.717, 1.165) is 17.6 Å². The number of rotatable bonds is 7. The lowest BCUT2D eigenvalue weighted by molar-refractivity contribution is 0.475. The zero-order chi connectivity index (χ0) is 20.2. The van der Waals surface area contributed by atoms with Crippen molar-refractivity contribution in [3.63, 3.8) is 0 Å². The maximum atomic E-state index is 9.42. The topological polar surface area (TPSA) is 114 Å². The largest absolute Gasteiger partial charge is 0.508 e. The number of anilines is 3. The summed E-state index contributed by atoms with van der Waals surface area (Å²) < 4.78 is 2.00. The van der Waals surface area contributed by atoms with Crippen molar-refractivity contribution in [2.24, 2.45) is 0 Å². The molecule has 0 unspecified atom stereocenters. The quantitative estimate of drug-likeness (QED) is 0.440. The highest BCUT2D eigenvalue weighted by Crippen LogP contribution is 2.24. The summed E-state index contributed by atoms with van der Waals surface area (Å²) in [7, 11) is 0. The summed E-state index contributed by atoms with van der Waals surface area (Å²) in [6.07, 6.45) is 7.39. The van der Waals surface area contributed by atoms with Crippen LogP contribution in [-0.2, 0) is 6.42 Å². The van der Waals surface area contributed by atoms with Crippen molar-refractivity contribution in [2.75, 3.05) is 17.2 Å². The summed E-state index contributed by atoms with van der Waals surface area (Å²) in [5, 5.41) is 15.9. The normalized spacial score (nSPS) is 11.1. The smallest absolute Gasteiger partial charge is 0.232 e. The van der Waals surface area contributed by atoms with Crippen LogP contribution in [0.2, 0.25) is 0 Å². The minimum Gasteiger partial charge on any atom is -0.508 e. The van der Waals surface area contributed by atoms with Gasteiger partial charge in [0.2, 0.25) is 5.95 Å². The molecule has 29 heavy (non-hydrogen) atoms. The SMILES string of the molecule is CC(C)n1cnc2c(NCCc3ccc(O)cc3)nc(Nc3cnccn3)nc21. The molecular formula is C20H22N8O. The third-order valence-electron chi connectivity index (χ3n) is 4.42. The third kappa shape index (κ3) is 4.23. The van der Waals surface area contributed by atoms with Crippen molar-refractivity contribution in [3.8, 4) is 5.75 Å². The highest BCUT2D eigenvalue weighted by atomic mass is 16.3. The Kier molecular flexibility index (Phi) is 5.19. The Bertz CT molecular complexity index is 1090. The molecule has 0 saturated carbocycles. The van der Waals surface area contributed by atoms with Gasteiger partial charge in [0.1, 0.15) is 5.75 Å². The van der Waals surface area contributed by atoms with Crippen LogP contribution in [0.1, 0.15) is 25.5 Å². The van der Waals surface area contributed by atoms with Crippen LogP contribution in [0.25, 0.3) is 11.2 Å². The van der Waals surface area contributed by atoms with Crippen LogP contribution in [0.4, 0.5) is 17.6 Å². The first kappa shape index (κ1) is 18.6. The second-order valence-corrected chi connectivity index (χ2v) is 6.87. The standard InChI is InChI=1S/C20H22N8O/c1-13(2)28-12-24-17-18(23-8-7-14-3-5-15(29)6-4-14)26-20(27-19(17)28)25-16-11-21-9-10-22-16/h3-6,9-13,29H,7-8H2,1-2H3,(H2,22,23,25,26,27). The van der Waals surface area contributed by atoms with E-state index in [1.165, 1.54) is 0 Å². The molecule has 0 aliphatic rings. The van der Waals surface area contributed by atoms with Crippen molar-refractivity contribution in [3.05, 3.63) is 54.7 Å². The third-order valence-corrected chi connectivity index (χ3v) is 4.42. The van der Waals surface area contributed by atoms with Crippen LogP contribution < -0.4 is 10.6 Å². The van der Waals surface area contributed by atoms with Crippen LogP contribution in [0.15, 0.2) is 49.2 Å². The fourth-order valence-electron chi connectivity index (χ4n) is 2.94. The lowest BCUT2D eigenvalue weighted by Gasteiger charge is -2.12. The van der Waals surface area contributed by atoms with E-state index < -0.39 is 0 Å². The summed E-state index contributed by atoms with van der Waals surface area (Å²) in [4.78, 5) is 22.0. The van der Waals surface area contributed by atoms with E-state index in [2.05, 4.69) is 49.4 Å². The van der Waals surface area contributed by atoms with Gasteiger partial charge in [-0.2, -0.15) is 9.97 Å². The fourth-order valence-corrected chi connectivity index (χ4v) is 2.94. The molecule has 0 atom stereocenters. The molecule has 0 aliphatic carbocycles. The van der Waals surface area contributed by atoms with Gasteiger partial charge >= 0.3 is 0 Å². The van der Waals surface area contributed by atoms with E-state index >= 15 is 0 Å². The molecule has 3 heterocycles. The zero-order valence-electron chi connectivity index (χ0n) is 16.2. The molecule has 4 rings (SSSR count). The molecule has 9 nitrogen and oxygen atoms in total. The average molecular weight is 390 g/mol.